The molecule has 0 aliphatic carbocycles. The molecule has 0 saturated carbocycles. The highest BCUT2D eigenvalue weighted by molar-refractivity contribution is 5.98. The van der Waals surface area contributed by atoms with Crippen LogP contribution in [0.25, 0.3) is 0 Å². The average Bonchev–Trinajstić information content (AvgIpc) is 2.99. The highest BCUT2D eigenvalue weighted by atomic mass is 16.5. The SMILES string of the molecule is Cc1ccc(C(=O)COC(=O)CCCC(=O)Nc2ccc(Oc3ccc(C(C)(C)c4ccccc4)cc3)cc2)cc1C. The number of rotatable bonds is 12. The van der Waals surface area contributed by atoms with Crippen LogP contribution >= 0.6 is 0 Å². The maximum Gasteiger partial charge on any atom is 0.306 e. The van der Waals surface area contributed by atoms with Crippen LogP contribution in [0.3, 0.4) is 0 Å². The molecule has 4 rings (SSSR count). The Kier molecular flexibility index (Phi) is 9.92. The fraction of sp³-hybridized carbons (Fsp3) is 0.250. The Labute approximate surface area is 247 Å². The first-order chi connectivity index (χ1) is 20.1. The van der Waals surface area contributed by atoms with Gasteiger partial charge in [-0.2, -0.15) is 0 Å². The zero-order chi connectivity index (χ0) is 30.1. The third-order valence-corrected chi connectivity index (χ3v) is 7.42. The molecular weight excluding hydrogens is 526 g/mol. The van der Waals surface area contributed by atoms with Gasteiger partial charge in [0.2, 0.25) is 5.91 Å². The molecule has 216 valence electrons. The second-order valence-corrected chi connectivity index (χ2v) is 10.9. The highest BCUT2D eigenvalue weighted by Crippen LogP contribution is 2.33. The summed E-state index contributed by atoms with van der Waals surface area (Å²) in [6, 6.07) is 31.0. The Bertz CT molecular complexity index is 1520. The lowest BCUT2D eigenvalue weighted by molar-refractivity contribution is -0.142. The molecule has 0 aromatic heterocycles. The summed E-state index contributed by atoms with van der Waals surface area (Å²) in [7, 11) is 0. The lowest BCUT2D eigenvalue weighted by Crippen LogP contribution is -2.18. The molecule has 0 radical (unpaired) electrons. The number of hydrogen-bond donors (Lipinski definition) is 1. The van der Waals surface area contributed by atoms with Crippen molar-refractivity contribution in [1.29, 1.82) is 0 Å². The fourth-order valence-electron chi connectivity index (χ4n) is 4.54. The number of carbonyl (C=O) groups is 3. The number of amides is 1. The van der Waals surface area contributed by atoms with E-state index in [0.717, 1.165) is 16.9 Å². The summed E-state index contributed by atoms with van der Waals surface area (Å²) < 4.78 is 11.1. The van der Waals surface area contributed by atoms with Crippen LogP contribution in [0.15, 0.2) is 97.1 Å². The molecule has 0 fully saturated rings. The average molecular weight is 564 g/mol. The van der Waals surface area contributed by atoms with Crippen LogP contribution in [-0.2, 0) is 19.7 Å². The molecule has 6 heteroatoms. The third kappa shape index (κ3) is 8.16. The largest absolute Gasteiger partial charge is 0.457 e. The van der Waals surface area contributed by atoms with Crippen molar-refractivity contribution in [2.45, 2.75) is 52.4 Å². The number of anilines is 1. The Morgan fingerprint density at radius 2 is 1.33 bits per heavy atom. The van der Waals surface area contributed by atoms with Crippen LogP contribution in [0.5, 0.6) is 11.5 Å². The Morgan fingerprint density at radius 1 is 0.714 bits per heavy atom. The van der Waals surface area contributed by atoms with Crippen LogP contribution in [-0.4, -0.2) is 24.3 Å². The molecule has 42 heavy (non-hydrogen) atoms. The monoisotopic (exact) mass is 563 g/mol. The van der Waals surface area contributed by atoms with Crippen molar-refractivity contribution in [3.63, 3.8) is 0 Å². The van der Waals surface area contributed by atoms with Crippen LogP contribution in [0.4, 0.5) is 5.69 Å². The van der Waals surface area contributed by atoms with Gasteiger partial charge in [0.1, 0.15) is 11.5 Å². The second kappa shape index (κ2) is 13.8. The van der Waals surface area contributed by atoms with E-state index in [2.05, 4.69) is 55.6 Å². The minimum atomic E-state index is -0.502. The second-order valence-electron chi connectivity index (χ2n) is 10.9. The van der Waals surface area contributed by atoms with E-state index in [1.54, 1.807) is 36.4 Å². The number of hydrogen-bond acceptors (Lipinski definition) is 5. The zero-order valence-electron chi connectivity index (χ0n) is 24.6. The van der Waals surface area contributed by atoms with E-state index in [-0.39, 0.29) is 36.6 Å². The normalized spacial score (nSPS) is 11.0. The van der Waals surface area contributed by atoms with Crippen molar-refractivity contribution in [3.05, 3.63) is 125 Å². The molecule has 6 nitrogen and oxygen atoms in total. The molecule has 0 spiro atoms. The lowest BCUT2D eigenvalue weighted by atomic mass is 9.78. The standard InChI is InChI=1S/C36H37NO5/c1-25-13-14-27(23-26(25)2)33(38)24-41-35(40)12-8-11-34(39)37-30-17-21-32(22-18-30)42-31-19-15-29(16-20-31)36(3,4)28-9-6-5-7-10-28/h5-7,9-10,13-23H,8,11-12,24H2,1-4H3,(H,37,39). The molecule has 1 amide bonds. The molecule has 0 saturated heterocycles. The molecule has 0 aliphatic heterocycles. The lowest BCUT2D eigenvalue weighted by Gasteiger charge is -2.26. The number of ketones is 1. The van der Waals surface area contributed by atoms with Crippen LogP contribution < -0.4 is 10.1 Å². The van der Waals surface area contributed by atoms with Crippen molar-refractivity contribution in [1.82, 2.24) is 0 Å². The van der Waals surface area contributed by atoms with Gasteiger partial charge in [-0.1, -0.05) is 68.4 Å². The zero-order valence-corrected chi connectivity index (χ0v) is 24.6. The Hall–Kier alpha value is -4.71. The van der Waals surface area contributed by atoms with Gasteiger partial charge in [0, 0.05) is 29.5 Å². The van der Waals surface area contributed by atoms with Crippen molar-refractivity contribution in [2.24, 2.45) is 0 Å². The number of ether oxygens (including phenoxy) is 2. The summed E-state index contributed by atoms with van der Waals surface area (Å²) in [6.07, 6.45) is 0.534. The summed E-state index contributed by atoms with van der Waals surface area (Å²) in [4.78, 5) is 36.7. The van der Waals surface area contributed by atoms with E-state index in [9.17, 15) is 14.4 Å². The van der Waals surface area contributed by atoms with Crippen molar-refractivity contribution < 1.29 is 23.9 Å². The first-order valence-corrected chi connectivity index (χ1v) is 14.1. The van der Waals surface area contributed by atoms with Crippen LogP contribution in [0, 0.1) is 13.8 Å². The Morgan fingerprint density at radius 3 is 1.98 bits per heavy atom. The molecule has 0 bridgehead atoms. The number of esters is 1. The van der Waals surface area contributed by atoms with Gasteiger partial charge in [-0.15, -0.1) is 0 Å². The quantitative estimate of drug-likeness (QED) is 0.140. The van der Waals surface area contributed by atoms with Crippen molar-refractivity contribution >= 4 is 23.3 Å². The first-order valence-electron chi connectivity index (χ1n) is 14.1. The summed E-state index contributed by atoms with van der Waals surface area (Å²) >= 11 is 0. The van der Waals surface area contributed by atoms with Crippen LogP contribution in [0.1, 0.15) is 65.7 Å². The number of nitrogens with one attached hydrogen (secondary N) is 1. The molecule has 0 atom stereocenters. The van der Waals surface area contributed by atoms with Crippen molar-refractivity contribution in [3.8, 4) is 11.5 Å². The molecule has 0 aliphatic rings. The predicted octanol–water partition coefficient (Wildman–Crippen LogP) is 7.96. The predicted molar refractivity (Wildman–Crippen MR) is 165 cm³/mol. The third-order valence-electron chi connectivity index (χ3n) is 7.42. The highest BCUT2D eigenvalue weighted by Gasteiger charge is 2.22. The molecule has 4 aromatic carbocycles. The summed E-state index contributed by atoms with van der Waals surface area (Å²) in [5.74, 6) is 0.418. The molecule has 0 heterocycles. The fourth-order valence-corrected chi connectivity index (χ4v) is 4.54. The van der Waals surface area contributed by atoms with Crippen molar-refractivity contribution in [2.75, 3.05) is 11.9 Å². The van der Waals surface area contributed by atoms with Crippen LogP contribution in [0.2, 0.25) is 0 Å². The summed E-state index contributed by atoms with van der Waals surface area (Å²) in [5.41, 5.74) is 5.57. The number of benzene rings is 4. The topological polar surface area (TPSA) is 81.7 Å². The number of aryl methyl sites for hydroxylation is 2. The smallest absolute Gasteiger partial charge is 0.306 e. The maximum atomic E-state index is 12.3. The van der Waals surface area contributed by atoms with E-state index < -0.39 is 5.97 Å². The van der Waals surface area contributed by atoms with Gasteiger partial charge in [-0.3, -0.25) is 14.4 Å². The molecule has 0 unspecified atom stereocenters. The van der Waals surface area contributed by atoms with Gasteiger partial charge in [0.05, 0.1) is 0 Å². The minimum Gasteiger partial charge on any atom is -0.457 e. The van der Waals surface area contributed by atoms with E-state index in [0.29, 0.717) is 23.4 Å². The molecular formula is C36H37NO5. The van der Waals surface area contributed by atoms with Gasteiger partial charge in [-0.05, 0) is 85.0 Å². The van der Waals surface area contributed by atoms with Gasteiger partial charge < -0.3 is 14.8 Å². The maximum absolute atomic E-state index is 12.3. The van der Waals surface area contributed by atoms with E-state index in [1.165, 1.54) is 11.1 Å². The molecule has 4 aromatic rings. The summed E-state index contributed by atoms with van der Waals surface area (Å²) in [6.45, 7) is 8.00. The summed E-state index contributed by atoms with van der Waals surface area (Å²) in [5, 5.41) is 2.83. The number of Topliss-reactive ketones (excluding diaryl/α,β-unsaturated/α-hetero) is 1. The van der Waals surface area contributed by atoms with Gasteiger partial charge in [-0.25, -0.2) is 0 Å². The molecule has 1 N–H and O–H groups in total. The van der Waals surface area contributed by atoms with Gasteiger partial charge in [0.15, 0.2) is 12.4 Å². The van der Waals surface area contributed by atoms with E-state index >= 15 is 0 Å². The van der Waals surface area contributed by atoms with E-state index in [4.69, 9.17) is 9.47 Å². The van der Waals surface area contributed by atoms with Gasteiger partial charge in [0.25, 0.3) is 0 Å². The number of carbonyl (C=O) groups excluding carboxylic acids is 3. The minimum absolute atomic E-state index is 0.0573. The van der Waals surface area contributed by atoms with Gasteiger partial charge >= 0.3 is 5.97 Å². The Balaban J connectivity index is 1.18. The van der Waals surface area contributed by atoms with E-state index in [1.807, 2.05) is 38.1 Å². The first kappa shape index (κ1) is 30.3.